The minimum absolute atomic E-state index is 0.0134. The lowest BCUT2D eigenvalue weighted by atomic mass is 9.92. The predicted octanol–water partition coefficient (Wildman–Crippen LogP) is 2.95. The van der Waals surface area contributed by atoms with Crippen molar-refractivity contribution in [1.29, 1.82) is 0 Å². The van der Waals surface area contributed by atoms with Gasteiger partial charge in [0.1, 0.15) is 17.7 Å². The molecule has 1 saturated heterocycles. The summed E-state index contributed by atoms with van der Waals surface area (Å²) in [6.45, 7) is 10.8. The molecule has 0 aromatic rings. The average Bonchev–Trinajstić information content (AvgIpc) is 3.48. The summed E-state index contributed by atoms with van der Waals surface area (Å²) in [7, 11) is 0. The van der Waals surface area contributed by atoms with Crippen LogP contribution in [0.25, 0.3) is 0 Å². The molecule has 11 heteroatoms. The van der Waals surface area contributed by atoms with Gasteiger partial charge in [-0.25, -0.2) is 4.79 Å². The smallest absolute Gasteiger partial charge is 0.408 e. The number of rotatable bonds is 13. The van der Waals surface area contributed by atoms with Gasteiger partial charge in [-0.15, -0.1) is 0 Å². The van der Waals surface area contributed by atoms with Crippen molar-refractivity contribution in [2.24, 2.45) is 11.8 Å². The zero-order chi connectivity index (χ0) is 31.2. The van der Waals surface area contributed by atoms with E-state index in [1.807, 2.05) is 6.92 Å². The highest BCUT2D eigenvalue weighted by molar-refractivity contribution is 6.38. The van der Waals surface area contributed by atoms with E-state index < -0.39 is 53.3 Å². The van der Waals surface area contributed by atoms with Gasteiger partial charge < -0.3 is 25.6 Å². The Morgan fingerprint density at radius 3 is 2.26 bits per heavy atom. The Balaban J connectivity index is 1.82. The van der Waals surface area contributed by atoms with Crippen molar-refractivity contribution in [3.05, 3.63) is 11.6 Å². The third-order valence-electron chi connectivity index (χ3n) is 8.31. The molecule has 3 rings (SSSR count). The number of likely N-dealkylation sites (tertiary alicyclic amines) is 1. The second-order valence-electron chi connectivity index (χ2n) is 12.9. The van der Waals surface area contributed by atoms with E-state index in [2.05, 4.69) is 16.0 Å². The number of hydrogen-bond donors (Lipinski definition) is 3. The molecule has 1 aliphatic heterocycles. The third kappa shape index (κ3) is 8.88. The van der Waals surface area contributed by atoms with Crippen molar-refractivity contribution in [3.8, 4) is 0 Å². The van der Waals surface area contributed by atoms with Gasteiger partial charge in [0.25, 0.3) is 5.91 Å². The lowest BCUT2D eigenvalue weighted by molar-refractivity contribution is -0.143. The SMILES string of the molecule is C/C=C(/C)C(=O)CC[C@H](NC(=O)OC(C)(C)C)C(=O)N1C[C@@H]2CCC[C@@H]2[C@H]1C(=O)N[C@@H](CCC)C(=O)C(=O)NC1CC1. The standard InChI is InChI=1S/C31H48N4O7/c1-7-10-22(26(37)28(39)32-20-13-14-20)33-27(38)25-21-12-9-11-19(21)17-35(25)29(40)23(15-16-24(36)18(3)8-2)34-30(41)42-31(4,5)6/h8,19-23,25H,7,9-17H2,1-6H3,(H,32,39)(H,33,38)(H,34,41)/b18-8-/t19-,21-,22-,23-,25-/m0/s1. The zero-order valence-corrected chi connectivity index (χ0v) is 25.9. The molecule has 42 heavy (non-hydrogen) atoms. The van der Waals surface area contributed by atoms with Crippen LogP contribution < -0.4 is 16.0 Å². The van der Waals surface area contributed by atoms with E-state index in [1.165, 1.54) is 4.90 Å². The Labute approximate surface area is 248 Å². The van der Waals surface area contributed by atoms with Crippen LogP contribution in [-0.2, 0) is 28.7 Å². The summed E-state index contributed by atoms with van der Waals surface area (Å²) in [6, 6.07) is -2.91. The van der Waals surface area contributed by atoms with Crippen LogP contribution >= 0.6 is 0 Å². The fourth-order valence-electron chi connectivity index (χ4n) is 5.87. The third-order valence-corrected chi connectivity index (χ3v) is 8.31. The summed E-state index contributed by atoms with van der Waals surface area (Å²) in [5.41, 5.74) is -0.238. The van der Waals surface area contributed by atoms with Gasteiger partial charge in [-0.1, -0.05) is 25.8 Å². The highest BCUT2D eigenvalue weighted by Crippen LogP contribution is 2.42. The van der Waals surface area contributed by atoms with Gasteiger partial charge in [0.05, 0.1) is 6.04 Å². The Bertz CT molecular complexity index is 1090. The molecule has 0 bridgehead atoms. The molecular weight excluding hydrogens is 540 g/mol. The molecule has 2 aliphatic carbocycles. The Morgan fingerprint density at radius 2 is 1.67 bits per heavy atom. The van der Waals surface area contributed by atoms with Crippen molar-refractivity contribution < 1.29 is 33.5 Å². The van der Waals surface area contributed by atoms with Crippen LogP contribution in [0.3, 0.4) is 0 Å². The maximum absolute atomic E-state index is 14.0. The van der Waals surface area contributed by atoms with Crippen LogP contribution in [0, 0.1) is 11.8 Å². The molecule has 1 heterocycles. The first-order valence-corrected chi connectivity index (χ1v) is 15.4. The first kappa shape index (κ1) is 33.3. The van der Waals surface area contributed by atoms with Crippen molar-refractivity contribution in [1.82, 2.24) is 20.9 Å². The van der Waals surface area contributed by atoms with E-state index in [1.54, 1.807) is 40.7 Å². The molecule has 4 amide bonds. The number of carbonyl (C=O) groups is 6. The van der Waals surface area contributed by atoms with E-state index >= 15 is 0 Å². The summed E-state index contributed by atoms with van der Waals surface area (Å²) in [5, 5.41) is 8.14. The van der Waals surface area contributed by atoms with Gasteiger partial charge in [0.15, 0.2) is 5.78 Å². The second kappa shape index (κ2) is 14.3. The maximum atomic E-state index is 14.0. The van der Waals surface area contributed by atoms with Gasteiger partial charge in [0.2, 0.25) is 17.6 Å². The molecule has 0 aromatic heterocycles. The van der Waals surface area contributed by atoms with Crippen molar-refractivity contribution >= 4 is 35.4 Å². The number of alkyl carbamates (subject to hydrolysis) is 1. The van der Waals surface area contributed by atoms with Crippen LogP contribution in [0.2, 0.25) is 0 Å². The maximum Gasteiger partial charge on any atom is 0.408 e. The minimum Gasteiger partial charge on any atom is -0.444 e. The number of ketones is 2. The fraction of sp³-hybridized carbons (Fsp3) is 0.742. The molecule has 3 N–H and O–H groups in total. The molecule has 234 valence electrons. The van der Waals surface area contributed by atoms with Gasteiger partial charge in [-0.05, 0) is 90.6 Å². The summed E-state index contributed by atoms with van der Waals surface area (Å²) in [5.74, 6) is -2.45. The Hall–Kier alpha value is -3.24. The van der Waals surface area contributed by atoms with E-state index in [0.29, 0.717) is 25.0 Å². The quantitative estimate of drug-likeness (QED) is 0.221. The van der Waals surface area contributed by atoms with Crippen molar-refractivity contribution in [3.63, 3.8) is 0 Å². The highest BCUT2D eigenvalue weighted by Gasteiger charge is 2.51. The van der Waals surface area contributed by atoms with Crippen LogP contribution in [-0.4, -0.2) is 76.6 Å². The summed E-state index contributed by atoms with van der Waals surface area (Å²) >= 11 is 0. The number of allylic oxidation sites excluding steroid dienone is 2. The number of Topliss-reactive ketones (excluding diaryl/α,β-unsaturated/α-hetero) is 2. The number of hydrogen-bond acceptors (Lipinski definition) is 7. The first-order chi connectivity index (χ1) is 19.7. The molecule has 0 radical (unpaired) electrons. The molecule has 11 nitrogen and oxygen atoms in total. The molecule has 5 atom stereocenters. The predicted molar refractivity (Wildman–Crippen MR) is 156 cm³/mol. The molecule has 0 unspecified atom stereocenters. The van der Waals surface area contributed by atoms with Crippen molar-refractivity contribution in [2.45, 2.75) is 129 Å². The van der Waals surface area contributed by atoms with Gasteiger partial charge in [0, 0.05) is 19.0 Å². The Morgan fingerprint density at radius 1 is 0.976 bits per heavy atom. The number of amides is 4. The monoisotopic (exact) mass is 588 g/mol. The average molecular weight is 589 g/mol. The number of fused-ring (bicyclic) bond motifs is 1. The van der Waals surface area contributed by atoms with Crippen LogP contribution in [0.4, 0.5) is 4.79 Å². The van der Waals surface area contributed by atoms with Gasteiger partial charge in [-0.2, -0.15) is 0 Å². The van der Waals surface area contributed by atoms with E-state index in [0.717, 1.165) is 32.1 Å². The normalized spacial score (nSPS) is 23.4. The van der Waals surface area contributed by atoms with E-state index in [9.17, 15) is 28.8 Å². The highest BCUT2D eigenvalue weighted by atomic mass is 16.6. The Kier molecular flexibility index (Phi) is 11.3. The van der Waals surface area contributed by atoms with Crippen LogP contribution in [0.15, 0.2) is 11.6 Å². The van der Waals surface area contributed by atoms with E-state index in [4.69, 9.17) is 4.74 Å². The molecule has 2 saturated carbocycles. The summed E-state index contributed by atoms with van der Waals surface area (Å²) < 4.78 is 5.39. The van der Waals surface area contributed by atoms with Gasteiger partial charge in [-0.3, -0.25) is 24.0 Å². The van der Waals surface area contributed by atoms with Crippen LogP contribution in [0.1, 0.15) is 99.3 Å². The number of ether oxygens (including phenoxy) is 1. The molecule has 0 spiro atoms. The van der Waals surface area contributed by atoms with Crippen LogP contribution in [0.5, 0.6) is 0 Å². The fourth-order valence-corrected chi connectivity index (χ4v) is 5.87. The summed E-state index contributed by atoms with van der Waals surface area (Å²) in [6.07, 6.45) is 6.08. The van der Waals surface area contributed by atoms with Crippen molar-refractivity contribution in [2.75, 3.05) is 6.54 Å². The molecular formula is C31H48N4O7. The number of nitrogens with zero attached hydrogens (tertiary/aromatic N) is 1. The number of nitrogens with one attached hydrogen (secondary N) is 3. The topological polar surface area (TPSA) is 151 Å². The van der Waals surface area contributed by atoms with Gasteiger partial charge >= 0.3 is 6.09 Å². The first-order valence-electron chi connectivity index (χ1n) is 15.4. The molecule has 3 aliphatic rings. The lowest BCUT2D eigenvalue weighted by Gasteiger charge is -2.32. The number of carbonyl (C=O) groups excluding carboxylic acids is 6. The lowest BCUT2D eigenvalue weighted by Crippen LogP contribution is -2.57. The molecule has 0 aromatic carbocycles. The second-order valence-corrected chi connectivity index (χ2v) is 12.9. The summed E-state index contributed by atoms with van der Waals surface area (Å²) in [4.78, 5) is 80.1. The minimum atomic E-state index is -1.08. The molecule has 3 fully saturated rings. The van der Waals surface area contributed by atoms with E-state index in [-0.39, 0.29) is 36.5 Å². The zero-order valence-electron chi connectivity index (χ0n) is 25.9. The largest absolute Gasteiger partial charge is 0.444 e.